The summed E-state index contributed by atoms with van der Waals surface area (Å²) in [5.74, 6) is -0.159. The van der Waals surface area contributed by atoms with Crippen molar-refractivity contribution in [2.24, 2.45) is 0 Å². The van der Waals surface area contributed by atoms with Crippen molar-refractivity contribution < 1.29 is 9.53 Å². The molecule has 0 bridgehead atoms. The summed E-state index contributed by atoms with van der Waals surface area (Å²) in [5.41, 5.74) is 3.27. The van der Waals surface area contributed by atoms with Gasteiger partial charge in [0.2, 0.25) is 0 Å². The first-order chi connectivity index (χ1) is 6.20. The Hall–Kier alpha value is -1.05. The molecule has 0 aromatic rings. The van der Waals surface area contributed by atoms with E-state index in [1.54, 1.807) is 0 Å². The van der Waals surface area contributed by atoms with Crippen molar-refractivity contribution in [1.82, 2.24) is 0 Å². The molecule has 0 radical (unpaired) electrons. The van der Waals surface area contributed by atoms with Crippen LogP contribution in [0.1, 0.15) is 33.1 Å². The molecule has 13 heavy (non-hydrogen) atoms. The van der Waals surface area contributed by atoms with E-state index in [0.717, 1.165) is 24.8 Å². The highest BCUT2D eigenvalue weighted by Gasteiger charge is 2.21. The molecule has 0 N–H and O–H groups in total. The fourth-order valence-corrected chi connectivity index (χ4v) is 1.70. The van der Waals surface area contributed by atoms with Gasteiger partial charge in [-0.1, -0.05) is 11.6 Å². The quantitative estimate of drug-likeness (QED) is 0.610. The Morgan fingerprint density at radius 2 is 2.00 bits per heavy atom. The van der Waals surface area contributed by atoms with Crippen molar-refractivity contribution in [2.45, 2.75) is 33.1 Å². The maximum atomic E-state index is 11.3. The fraction of sp³-hybridized carbons (Fsp3) is 0.545. The number of allylic oxidation sites excluding steroid dienone is 3. The molecule has 0 spiro atoms. The Morgan fingerprint density at radius 3 is 2.54 bits per heavy atom. The Bertz CT molecular complexity index is 272. The van der Waals surface area contributed by atoms with Crippen LogP contribution in [0.25, 0.3) is 0 Å². The van der Waals surface area contributed by atoms with Crippen molar-refractivity contribution in [1.29, 1.82) is 0 Å². The maximum absolute atomic E-state index is 11.3. The first kappa shape index (κ1) is 10.0. The highest BCUT2D eigenvalue weighted by Crippen LogP contribution is 2.31. The number of methoxy groups -OCH3 is 1. The number of carbonyl (C=O) groups is 1. The fourth-order valence-electron chi connectivity index (χ4n) is 1.70. The van der Waals surface area contributed by atoms with E-state index in [-0.39, 0.29) is 5.97 Å². The molecule has 0 aromatic carbocycles. The van der Waals surface area contributed by atoms with Gasteiger partial charge in [-0.25, -0.2) is 4.79 Å². The van der Waals surface area contributed by atoms with Crippen molar-refractivity contribution in [3.63, 3.8) is 0 Å². The maximum Gasteiger partial charge on any atom is 0.334 e. The number of rotatable bonds is 2. The third-order valence-electron chi connectivity index (χ3n) is 2.56. The summed E-state index contributed by atoms with van der Waals surface area (Å²) < 4.78 is 4.74. The smallest absolute Gasteiger partial charge is 0.334 e. The second-order valence-corrected chi connectivity index (χ2v) is 3.27. The van der Waals surface area contributed by atoms with Crippen LogP contribution in [0.4, 0.5) is 0 Å². The van der Waals surface area contributed by atoms with Crippen molar-refractivity contribution >= 4 is 5.97 Å². The minimum atomic E-state index is -0.159. The van der Waals surface area contributed by atoms with E-state index in [1.807, 2.05) is 19.9 Å². The third kappa shape index (κ3) is 2.00. The van der Waals surface area contributed by atoms with Crippen molar-refractivity contribution in [3.05, 3.63) is 22.8 Å². The Balaban J connectivity index is 2.96. The lowest BCUT2D eigenvalue weighted by atomic mass is 10.0. The molecule has 0 atom stereocenters. The number of hydrogen-bond donors (Lipinski definition) is 0. The summed E-state index contributed by atoms with van der Waals surface area (Å²) >= 11 is 0. The van der Waals surface area contributed by atoms with Crippen LogP contribution >= 0.6 is 0 Å². The zero-order valence-corrected chi connectivity index (χ0v) is 8.52. The molecule has 2 heteroatoms. The van der Waals surface area contributed by atoms with Gasteiger partial charge in [0, 0.05) is 5.57 Å². The highest BCUT2D eigenvalue weighted by molar-refractivity contribution is 5.90. The molecule has 0 amide bonds. The molecule has 1 rings (SSSR count). The van der Waals surface area contributed by atoms with E-state index in [4.69, 9.17) is 4.74 Å². The predicted octanol–water partition coefficient (Wildman–Crippen LogP) is 2.61. The topological polar surface area (TPSA) is 26.3 Å². The van der Waals surface area contributed by atoms with E-state index in [9.17, 15) is 4.79 Å². The highest BCUT2D eigenvalue weighted by atomic mass is 16.5. The molecule has 0 saturated heterocycles. The van der Waals surface area contributed by atoms with Crippen molar-refractivity contribution in [2.75, 3.05) is 7.11 Å². The van der Waals surface area contributed by atoms with E-state index in [2.05, 4.69) is 0 Å². The molecule has 1 aliphatic rings. The zero-order chi connectivity index (χ0) is 9.84. The van der Waals surface area contributed by atoms with Gasteiger partial charge in [0.1, 0.15) is 0 Å². The average molecular weight is 180 g/mol. The van der Waals surface area contributed by atoms with E-state index in [1.165, 1.54) is 18.3 Å². The second kappa shape index (κ2) is 4.26. The first-order valence-electron chi connectivity index (χ1n) is 4.64. The van der Waals surface area contributed by atoms with Crippen LogP contribution in [0.15, 0.2) is 22.8 Å². The number of carbonyl (C=O) groups excluding carboxylic acids is 1. The van der Waals surface area contributed by atoms with Gasteiger partial charge in [0.15, 0.2) is 0 Å². The SMILES string of the molecule is C/C=C(/C)C1=C(C(=O)OC)CCC1. The number of hydrogen-bond acceptors (Lipinski definition) is 2. The monoisotopic (exact) mass is 180 g/mol. The molecular weight excluding hydrogens is 164 g/mol. The molecule has 0 aliphatic heterocycles. The minimum Gasteiger partial charge on any atom is -0.466 e. The van der Waals surface area contributed by atoms with Gasteiger partial charge in [0.25, 0.3) is 0 Å². The summed E-state index contributed by atoms with van der Waals surface area (Å²) in [4.78, 5) is 11.3. The second-order valence-electron chi connectivity index (χ2n) is 3.27. The van der Waals surface area contributed by atoms with Crippen LogP contribution in [0, 0.1) is 0 Å². The standard InChI is InChI=1S/C11H16O2/c1-4-8(2)9-6-5-7-10(9)11(12)13-3/h4H,5-7H2,1-3H3/b8-4-. The summed E-state index contributed by atoms with van der Waals surface area (Å²) in [6, 6.07) is 0. The molecule has 0 heterocycles. The van der Waals surface area contributed by atoms with Gasteiger partial charge < -0.3 is 4.74 Å². The molecule has 72 valence electrons. The lowest BCUT2D eigenvalue weighted by Crippen LogP contribution is -2.04. The average Bonchev–Trinajstić information content (AvgIpc) is 2.63. The van der Waals surface area contributed by atoms with Gasteiger partial charge in [0.05, 0.1) is 7.11 Å². The molecule has 0 aromatic heterocycles. The van der Waals surface area contributed by atoms with E-state index < -0.39 is 0 Å². The van der Waals surface area contributed by atoms with Crippen LogP contribution in [0.2, 0.25) is 0 Å². The predicted molar refractivity (Wildman–Crippen MR) is 52.3 cm³/mol. The van der Waals surface area contributed by atoms with Gasteiger partial charge in [-0.2, -0.15) is 0 Å². The van der Waals surface area contributed by atoms with Crippen LogP contribution in [-0.2, 0) is 9.53 Å². The van der Waals surface area contributed by atoms with Crippen LogP contribution < -0.4 is 0 Å². The van der Waals surface area contributed by atoms with Gasteiger partial charge in [-0.05, 0) is 38.7 Å². The molecule has 1 aliphatic carbocycles. The van der Waals surface area contributed by atoms with E-state index >= 15 is 0 Å². The molecule has 2 nitrogen and oxygen atoms in total. The molecule has 0 saturated carbocycles. The Kier molecular flexibility index (Phi) is 3.29. The Labute approximate surface area is 79.3 Å². The van der Waals surface area contributed by atoms with E-state index in [0.29, 0.717) is 0 Å². The Morgan fingerprint density at radius 1 is 1.38 bits per heavy atom. The van der Waals surface area contributed by atoms with Gasteiger partial charge >= 0.3 is 5.97 Å². The molecule has 0 unspecified atom stereocenters. The third-order valence-corrected chi connectivity index (χ3v) is 2.56. The van der Waals surface area contributed by atoms with Crippen LogP contribution in [0.5, 0.6) is 0 Å². The summed E-state index contributed by atoms with van der Waals surface area (Å²) in [6.45, 7) is 4.04. The normalized spacial score (nSPS) is 17.9. The van der Waals surface area contributed by atoms with Crippen LogP contribution in [-0.4, -0.2) is 13.1 Å². The van der Waals surface area contributed by atoms with Gasteiger partial charge in [-0.3, -0.25) is 0 Å². The first-order valence-corrected chi connectivity index (χ1v) is 4.64. The summed E-state index contributed by atoms with van der Waals surface area (Å²) in [7, 11) is 1.44. The number of esters is 1. The van der Waals surface area contributed by atoms with Crippen molar-refractivity contribution in [3.8, 4) is 0 Å². The summed E-state index contributed by atoms with van der Waals surface area (Å²) in [6.07, 6.45) is 5.00. The zero-order valence-electron chi connectivity index (χ0n) is 8.52. The largest absolute Gasteiger partial charge is 0.466 e. The molecule has 0 fully saturated rings. The minimum absolute atomic E-state index is 0.159. The van der Waals surface area contributed by atoms with Crippen LogP contribution in [0.3, 0.4) is 0 Å². The lowest BCUT2D eigenvalue weighted by Gasteiger charge is -2.05. The van der Waals surface area contributed by atoms with Gasteiger partial charge in [-0.15, -0.1) is 0 Å². The molecular formula is C11H16O2. The lowest BCUT2D eigenvalue weighted by molar-refractivity contribution is -0.136. The number of ether oxygens (including phenoxy) is 1. The summed E-state index contributed by atoms with van der Waals surface area (Å²) in [5, 5.41) is 0.